The maximum absolute atomic E-state index is 12.9. The van der Waals surface area contributed by atoms with Crippen LogP contribution in [0.25, 0.3) is 0 Å². The van der Waals surface area contributed by atoms with Crippen LogP contribution in [0.5, 0.6) is 5.75 Å². The third kappa shape index (κ3) is 4.92. The van der Waals surface area contributed by atoms with E-state index in [4.69, 9.17) is 4.74 Å². The number of carbonyl (C=O) groups is 2. The van der Waals surface area contributed by atoms with Crippen molar-refractivity contribution in [3.05, 3.63) is 48.0 Å². The number of amides is 1. The highest BCUT2D eigenvalue weighted by molar-refractivity contribution is 5.94. The minimum Gasteiger partial charge on any atom is -0.484 e. The first-order valence-electron chi connectivity index (χ1n) is 8.98. The van der Waals surface area contributed by atoms with Crippen molar-refractivity contribution in [1.29, 1.82) is 0 Å². The van der Waals surface area contributed by atoms with Crippen LogP contribution in [-0.4, -0.2) is 63.8 Å². The Hall–Kier alpha value is -2.81. The van der Waals surface area contributed by atoms with Crippen molar-refractivity contribution >= 4 is 11.7 Å². The number of nitrogens with zero attached hydrogens (tertiary/aromatic N) is 4. The highest BCUT2D eigenvalue weighted by Crippen LogP contribution is 2.16. The van der Waals surface area contributed by atoms with Crippen LogP contribution in [0, 0.1) is 0 Å². The number of aromatic nitrogens is 2. The van der Waals surface area contributed by atoms with Gasteiger partial charge < -0.3 is 9.64 Å². The van der Waals surface area contributed by atoms with Gasteiger partial charge in [-0.3, -0.25) is 19.1 Å². The van der Waals surface area contributed by atoms with E-state index in [1.165, 1.54) is 19.3 Å². The number of hydrogen-bond donors (Lipinski definition) is 0. The molecule has 1 amide bonds. The van der Waals surface area contributed by atoms with Gasteiger partial charge in [0.2, 0.25) is 0 Å². The molecule has 2 aromatic rings. The van der Waals surface area contributed by atoms with Gasteiger partial charge in [0.05, 0.1) is 6.54 Å². The van der Waals surface area contributed by atoms with E-state index in [9.17, 15) is 18.4 Å². The lowest BCUT2D eigenvalue weighted by molar-refractivity contribution is -0.135. The Balaban J connectivity index is 1.44. The van der Waals surface area contributed by atoms with Gasteiger partial charge in [-0.2, -0.15) is 8.78 Å². The summed E-state index contributed by atoms with van der Waals surface area (Å²) in [6.45, 7) is 1.27. The zero-order chi connectivity index (χ0) is 20.1. The lowest BCUT2D eigenvalue weighted by atomic mass is 10.1. The molecule has 0 unspecified atom stereocenters. The topological polar surface area (TPSA) is 67.7 Å². The van der Waals surface area contributed by atoms with Crippen LogP contribution in [-0.2, 0) is 11.3 Å². The Kier molecular flexibility index (Phi) is 6.35. The molecule has 1 saturated heterocycles. The fourth-order valence-corrected chi connectivity index (χ4v) is 3.02. The summed E-state index contributed by atoms with van der Waals surface area (Å²) < 4.78 is 32.1. The molecular weight excluding hydrogens is 370 g/mol. The van der Waals surface area contributed by atoms with Gasteiger partial charge >= 0.3 is 6.55 Å². The summed E-state index contributed by atoms with van der Waals surface area (Å²) in [6.07, 6.45) is 2.63. The first-order valence-corrected chi connectivity index (χ1v) is 8.98. The van der Waals surface area contributed by atoms with Crippen molar-refractivity contribution in [2.45, 2.75) is 20.0 Å². The van der Waals surface area contributed by atoms with E-state index in [2.05, 4.69) is 4.98 Å². The molecule has 0 saturated carbocycles. The number of Topliss-reactive ketones (excluding diaryl/α,β-unsaturated/α-hetero) is 1. The number of rotatable bonds is 7. The van der Waals surface area contributed by atoms with Gasteiger partial charge in [0.25, 0.3) is 5.91 Å². The average molecular weight is 392 g/mol. The average Bonchev–Trinajstić information content (AvgIpc) is 3.15. The number of ether oxygens (including phenoxy) is 1. The summed E-state index contributed by atoms with van der Waals surface area (Å²) >= 11 is 0. The van der Waals surface area contributed by atoms with Gasteiger partial charge in [-0.05, 0) is 31.2 Å². The predicted octanol–water partition coefficient (Wildman–Crippen LogP) is 2.20. The quantitative estimate of drug-likeness (QED) is 0.676. The molecule has 2 heterocycles. The smallest absolute Gasteiger partial charge is 0.319 e. The molecular formula is C19H22F2N4O3. The molecule has 150 valence electrons. The fourth-order valence-electron chi connectivity index (χ4n) is 3.02. The molecule has 1 aromatic carbocycles. The molecule has 0 radical (unpaired) electrons. The zero-order valence-corrected chi connectivity index (χ0v) is 15.6. The lowest BCUT2D eigenvalue weighted by Crippen LogP contribution is -2.49. The molecule has 28 heavy (non-hydrogen) atoms. The van der Waals surface area contributed by atoms with E-state index >= 15 is 0 Å². The highest BCUT2D eigenvalue weighted by Gasteiger charge is 2.23. The molecule has 0 bridgehead atoms. The van der Waals surface area contributed by atoms with Crippen molar-refractivity contribution in [2.24, 2.45) is 0 Å². The molecule has 1 aliphatic rings. The number of benzene rings is 1. The van der Waals surface area contributed by atoms with E-state index < -0.39 is 6.55 Å². The summed E-state index contributed by atoms with van der Waals surface area (Å²) in [5.41, 5.74) is 0.585. The summed E-state index contributed by atoms with van der Waals surface area (Å²) in [5, 5.41) is 0. The lowest BCUT2D eigenvalue weighted by Gasteiger charge is -2.34. The number of carbonyl (C=O) groups excluding carboxylic acids is 2. The first-order chi connectivity index (χ1) is 13.4. The maximum Gasteiger partial charge on any atom is 0.319 e. The largest absolute Gasteiger partial charge is 0.484 e. The number of imidazole rings is 1. The van der Waals surface area contributed by atoms with E-state index in [0.29, 0.717) is 49.9 Å². The Labute approximate surface area is 161 Å². The van der Waals surface area contributed by atoms with Crippen molar-refractivity contribution in [2.75, 3.05) is 32.8 Å². The minimum absolute atomic E-state index is 0.0310. The number of ketones is 1. The van der Waals surface area contributed by atoms with Crippen LogP contribution in [0.15, 0.2) is 36.7 Å². The fraction of sp³-hybridized carbons (Fsp3) is 0.421. The van der Waals surface area contributed by atoms with Crippen molar-refractivity contribution < 1.29 is 23.1 Å². The molecule has 1 aromatic heterocycles. The second-order valence-electron chi connectivity index (χ2n) is 6.55. The van der Waals surface area contributed by atoms with Gasteiger partial charge in [-0.1, -0.05) is 0 Å². The molecule has 1 aliphatic heterocycles. The SMILES string of the molecule is CC(=O)c1ccc(OCC(=O)N2CCN(Cc3nccn3C(F)F)CC2)cc1. The third-order valence-electron chi connectivity index (χ3n) is 4.67. The van der Waals surface area contributed by atoms with Gasteiger partial charge in [0.15, 0.2) is 12.4 Å². The standard InChI is InChI=1S/C19H22F2N4O3/c1-14(26)15-2-4-16(5-3-15)28-13-18(27)24-10-8-23(9-11-24)12-17-22-6-7-25(17)19(20)21/h2-7,19H,8-13H2,1H3. The molecule has 3 rings (SSSR count). The third-order valence-corrected chi connectivity index (χ3v) is 4.67. The summed E-state index contributed by atoms with van der Waals surface area (Å²) in [7, 11) is 0. The van der Waals surface area contributed by atoms with Crippen molar-refractivity contribution in [3.8, 4) is 5.75 Å². The summed E-state index contributed by atoms with van der Waals surface area (Å²) in [6, 6.07) is 6.63. The van der Waals surface area contributed by atoms with Crippen LogP contribution in [0.3, 0.4) is 0 Å². The first kappa shape index (κ1) is 19.9. The molecule has 7 nitrogen and oxygen atoms in total. The maximum atomic E-state index is 12.9. The van der Waals surface area contributed by atoms with Crippen LogP contribution in [0.2, 0.25) is 0 Å². The van der Waals surface area contributed by atoms with E-state index in [1.54, 1.807) is 29.2 Å². The molecule has 0 aliphatic carbocycles. The molecule has 9 heteroatoms. The Morgan fingerprint density at radius 1 is 1.14 bits per heavy atom. The van der Waals surface area contributed by atoms with Crippen LogP contribution >= 0.6 is 0 Å². The second-order valence-corrected chi connectivity index (χ2v) is 6.55. The molecule has 0 spiro atoms. The van der Waals surface area contributed by atoms with Gasteiger partial charge in [0.1, 0.15) is 11.6 Å². The van der Waals surface area contributed by atoms with Crippen LogP contribution < -0.4 is 4.74 Å². The highest BCUT2D eigenvalue weighted by atomic mass is 19.3. The summed E-state index contributed by atoms with van der Waals surface area (Å²) in [5.74, 6) is 0.670. The number of halogens is 2. The normalized spacial score (nSPS) is 15.1. The van der Waals surface area contributed by atoms with Gasteiger partial charge in [-0.25, -0.2) is 4.98 Å². The molecule has 0 atom stereocenters. The van der Waals surface area contributed by atoms with Crippen molar-refractivity contribution in [1.82, 2.24) is 19.4 Å². The Morgan fingerprint density at radius 3 is 2.43 bits per heavy atom. The Morgan fingerprint density at radius 2 is 1.82 bits per heavy atom. The van der Waals surface area contributed by atoms with E-state index in [-0.39, 0.29) is 18.3 Å². The van der Waals surface area contributed by atoms with Crippen LogP contribution in [0.4, 0.5) is 8.78 Å². The zero-order valence-electron chi connectivity index (χ0n) is 15.6. The Bertz CT molecular complexity index is 815. The molecule has 0 N–H and O–H groups in total. The van der Waals surface area contributed by atoms with Crippen molar-refractivity contribution in [3.63, 3.8) is 0 Å². The summed E-state index contributed by atoms with van der Waals surface area (Å²) in [4.78, 5) is 31.3. The van der Waals surface area contributed by atoms with E-state index in [0.717, 1.165) is 4.57 Å². The van der Waals surface area contributed by atoms with Gasteiger partial charge in [0, 0.05) is 44.1 Å². The monoisotopic (exact) mass is 392 g/mol. The predicted molar refractivity (Wildman–Crippen MR) is 97.3 cm³/mol. The number of alkyl halides is 2. The van der Waals surface area contributed by atoms with Gasteiger partial charge in [-0.15, -0.1) is 0 Å². The number of piperazine rings is 1. The molecule has 1 fully saturated rings. The van der Waals surface area contributed by atoms with Crippen LogP contribution in [0.1, 0.15) is 29.7 Å². The van der Waals surface area contributed by atoms with E-state index in [1.807, 2.05) is 4.90 Å². The second kappa shape index (κ2) is 8.92. The number of hydrogen-bond acceptors (Lipinski definition) is 5. The minimum atomic E-state index is -2.61.